The normalized spacial score (nSPS) is 27.3. The highest BCUT2D eigenvalue weighted by atomic mass is 16.3. The van der Waals surface area contributed by atoms with Crippen molar-refractivity contribution in [3.8, 4) is 0 Å². The van der Waals surface area contributed by atoms with Crippen LogP contribution in [-0.2, 0) is 0 Å². The van der Waals surface area contributed by atoms with Gasteiger partial charge < -0.3 is 21.1 Å². The van der Waals surface area contributed by atoms with Crippen molar-refractivity contribution in [3.05, 3.63) is 0 Å². The number of aliphatic hydroxyl groups excluding tert-OH is 1. The lowest BCUT2D eigenvalue weighted by atomic mass is 9.76. The van der Waals surface area contributed by atoms with Crippen LogP contribution in [0.4, 0.5) is 4.79 Å². The number of nitrogens with zero attached hydrogens (tertiary/aromatic N) is 1. The molecule has 1 aliphatic carbocycles. The first-order valence-corrected chi connectivity index (χ1v) is 8.54. The lowest BCUT2D eigenvalue weighted by Gasteiger charge is -2.43. The van der Waals surface area contributed by atoms with Gasteiger partial charge in [-0.25, -0.2) is 4.79 Å². The van der Waals surface area contributed by atoms with E-state index in [4.69, 9.17) is 5.73 Å². The molecular formula is C16H31N3O2. The Labute approximate surface area is 128 Å². The van der Waals surface area contributed by atoms with E-state index in [1.165, 1.54) is 19.3 Å². The van der Waals surface area contributed by atoms with Gasteiger partial charge in [-0.15, -0.1) is 0 Å². The first-order valence-electron chi connectivity index (χ1n) is 8.54. The Balaban J connectivity index is 2.09. The summed E-state index contributed by atoms with van der Waals surface area (Å²) >= 11 is 0. The third-order valence-corrected chi connectivity index (χ3v) is 5.34. The maximum atomic E-state index is 11.7. The molecular weight excluding hydrogens is 266 g/mol. The molecule has 2 amide bonds. The fraction of sp³-hybridized carbons (Fsp3) is 0.938. The van der Waals surface area contributed by atoms with Gasteiger partial charge in [0.1, 0.15) is 0 Å². The molecule has 5 heteroatoms. The van der Waals surface area contributed by atoms with E-state index >= 15 is 0 Å². The number of nitrogens with two attached hydrogens (primary N) is 1. The molecule has 0 aromatic carbocycles. The fourth-order valence-corrected chi connectivity index (χ4v) is 4.22. The summed E-state index contributed by atoms with van der Waals surface area (Å²) in [6, 6.07) is -0.253. The van der Waals surface area contributed by atoms with Crippen LogP contribution in [-0.4, -0.2) is 48.3 Å². The van der Waals surface area contributed by atoms with Crippen molar-refractivity contribution in [2.45, 2.75) is 63.5 Å². The second-order valence-electron chi connectivity index (χ2n) is 6.70. The molecule has 4 N–H and O–H groups in total. The summed E-state index contributed by atoms with van der Waals surface area (Å²) < 4.78 is 0. The summed E-state index contributed by atoms with van der Waals surface area (Å²) in [5.74, 6) is 0.472. The van der Waals surface area contributed by atoms with E-state index in [2.05, 4.69) is 5.32 Å². The van der Waals surface area contributed by atoms with Crippen LogP contribution in [0.15, 0.2) is 0 Å². The lowest BCUT2D eigenvalue weighted by Crippen LogP contribution is -2.55. The summed E-state index contributed by atoms with van der Waals surface area (Å²) in [5, 5.41) is 14.1. The molecule has 1 saturated carbocycles. The third-order valence-electron chi connectivity index (χ3n) is 5.34. The minimum Gasteiger partial charge on any atom is -0.392 e. The average molecular weight is 297 g/mol. The van der Waals surface area contributed by atoms with Gasteiger partial charge >= 0.3 is 6.03 Å². The van der Waals surface area contributed by atoms with Crippen LogP contribution in [0.1, 0.15) is 51.4 Å². The van der Waals surface area contributed by atoms with E-state index in [9.17, 15) is 9.90 Å². The Bertz CT molecular complexity index is 331. The fourth-order valence-electron chi connectivity index (χ4n) is 4.22. The second-order valence-corrected chi connectivity index (χ2v) is 6.70. The molecule has 0 spiro atoms. The van der Waals surface area contributed by atoms with Gasteiger partial charge in [-0.3, -0.25) is 0 Å². The summed E-state index contributed by atoms with van der Waals surface area (Å²) in [7, 11) is 1.91. The Morgan fingerprint density at radius 2 is 1.90 bits per heavy atom. The molecule has 1 unspecified atom stereocenters. The molecule has 1 saturated heterocycles. The van der Waals surface area contributed by atoms with Gasteiger partial charge in [0.15, 0.2) is 0 Å². The van der Waals surface area contributed by atoms with E-state index in [1.54, 1.807) is 4.90 Å². The minimum atomic E-state index is -0.336. The molecule has 122 valence electrons. The predicted octanol–water partition coefficient (Wildman–Crippen LogP) is 1.70. The van der Waals surface area contributed by atoms with Crippen molar-refractivity contribution in [1.82, 2.24) is 10.2 Å². The van der Waals surface area contributed by atoms with Crippen molar-refractivity contribution in [2.75, 3.05) is 20.1 Å². The van der Waals surface area contributed by atoms with E-state index in [-0.39, 0.29) is 24.1 Å². The van der Waals surface area contributed by atoms with Gasteiger partial charge in [0.05, 0.1) is 6.10 Å². The standard InChI is InChI=1S/C16H31N3O2/c1-18-11-13(15(20)12-7-3-2-4-8-12)14-9-5-6-10-19(14)16(17)21/h12-15,18,20H,2-11H2,1H3,(H2,17,21)/t13-,14?,15+/m1/s1. The third kappa shape index (κ3) is 4.10. The molecule has 2 fully saturated rings. The van der Waals surface area contributed by atoms with Crippen LogP contribution in [0.5, 0.6) is 0 Å². The average Bonchev–Trinajstić information content (AvgIpc) is 2.53. The maximum absolute atomic E-state index is 11.7. The highest BCUT2D eigenvalue weighted by Gasteiger charge is 2.38. The smallest absolute Gasteiger partial charge is 0.315 e. The number of carbonyl (C=O) groups is 1. The van der Waals surface area contributed by atoms with Crippen molar-refractivity contribution in [1.29, 1.82) is 0 Å². The number of amides is 2. The molecule has 2 rings (SSSR count). The molecule has 1 aliphatic heterocycles. The van der Waals surface area contributed by atoms with Crippen molar-refractivity contribution in [2.24, 2.45) is 17.6 Å². The largest absolute Gasteiger partial charge is 0.392 e. The van der Waals surface area contributed by atoms with Crippen LogP contribution < -0.4 is 11.1 Å². The van der Waals surface area contributed by atoms with E-state index in [0.29, 0.717) is 5.92 Å². The van der Waals surface area contributed by atoms with E-state index in [0.717, 1.165) is 45.2 Å². The van der Waals surface area contributed by atoms with Crippen LogP contribution in [0.2, 0.25) is 0 Å². The van der Waals surface area contributed by atoms with Crippen LogP contribution in [0.25, 0.3) is 0 Å². The zero-order chi connectivity index (χ0) is 15.2. The number of rotatable bonds is 5. The molecule has 0 aromatic rings. The summed E-state index contributed by atoms with van der Waals surface area (Å²) in [6.45, 7) is 1.48. The molecule has 5 nitrogen and oxygen atoms in total. The zero-order valence-corrected chi connectivity index (χ0v) is 13.3. The van der Waals surface area contributed by atoms with Crippen molar-refractivity contribution >= 4 is 6.03 Å². The number of hydrogen-bond donors (Lipinski definition) is 3. The van der Waals surface area contributed by atoms with Crippen LogP contribution in [0, 0.1) is 11.8 Å². The van der Waals surface area contributed by atoms with Crippen molar-refractivity contribution in [3.63, 3.8) is 0 Å². The maximum Gasteiger partial charge on any atom is 0.315 e. The molecule has 0 bridgehead atoms. The number of carbonyl (C=O) groups excluding carboxylic acids is 1. The highest BCUT2D eigenvalue weighted by Crippen LogP contribution is 2.34. The number of likely N-dealkylation sites (tertiary alicyclic amines) is 1. The molecule has 1 heterocycles. The lowest BCUT2D eigenvalue weighted by molar-refractivity contribution is -0.00860. The molecule has 0 aromatic heterocycles. The summed E-state index contributed by atoms with van der Waals surface area (Å²) in [5.41, 5.74) is 5.56. The van der Waals surface area contributed by atoms with Gasteiger partial charge in [0.25, 0.3) is 0 Å². The predicted molar refractivity (Wildman–Crippen MR) is 83.9 cm³/mol. The number of hydrogen-bond acceptors (Lipinski definition) is 3. The van der Waals surface area contributed by atoms with Gasteiger partial charge in [-0.1, -0.05) is 19.3 Å². The number of nitrogens with one attached hydrogen (secondary N) is 1. The van der Waals surface area contributed by atoms with Crippen molar-refractivity contribution < 1.29 is 9.90 Å². The minimum absolute atomic E-state index is 0.0839. The Kier molecular flexibility index (Phi) is 6.30. The topological polar surface area (TPSA) is 78.6 Å². The molecule has 3 atom stereocenters. The van der Waals surface area contributed by atoms with Crippen LogP contribution in [0.3, 0.4) is 0 Å². The monoisotopic (exact) mass is 297 g/mol. The SMILES string of the molecule is CNC[C@H](C1CCCCN1C(N)=O)[C@@H](O)C1CCCCC1. The first kappa shape index (κ1) is 16.6. The van der Waals surface area contributed by atoms with Crippen LogP contribution >= 0.6 is 0 Å². The second kappa shape index (κ2) is 7.99. The number of primary amides is 1. The summed E-state index contributed by atoms with van der Waals surface area (Å²) in [4.78, 5) is 13.5. The van der Waals surface area contributed by atoms with Gasteiger partial charge in [-0.2, -0.15) is 0 Å². The quantitative estimate of drug-likeness (QED) is 0.722. The van der Waals surface area contributed by atoms with E-state index in [1.807, 2.05) is 7.05 Å². The Morgan fingerprint density at radius 3 is 2.52 bits per heavy atom. The molecule has 2 aliphatic rings. The molecule has 21 heavy (non-hydrogen) atoms. The highest BCUT2D eigenvalue weighted by molar-refractivity contribution is 5.72. The zero-order valence-electron chi connectivity index (χ0n) is 13.3. The van der Waals surface area contributed by atoms with Gasteiger partial charge in [-0.05, 0) is 45.1 Å². The Morgan fingerprint density at radius 1 is 1.24 bits per heavy atom. The van der Waals surface area contributed by atoms with E-state index < -0.39 is 0 Å². The number of urea groups is 1. The number of aliphatic hydroxyl groups is 1. The Hall–Kier alpha value is -0.810. The van der Waals surface area contributed by atoms with Gasteiger partial charge in [0, 0.05) is 25.0 Å². The number of piperidine rings is 1. The first-order chi connectivity index (χ1) is 10.1. The van der Waals surface area contributed by atoms with Gasteiger partial charge in [0.2, 0.25) is 0 Å². The molecule has 0 radical (unpaired) electrons. The summed E-state index contributed by atoms with van der Waals surface area (Å²) in [6.07, 6.45) is 8.72.